The molecule has 0 aliphatic heterocycles. The molecule has 5 heteroatoms. The lowest BCUT2D eigenvalue weighted by Gasteiger charge is -2.02. The van der Waals surface area contributed by atoms with Gasteiger partial charge in [0.05, 0.1) is 5.69 Å². The highest BCUT2D eigenvalue weighted by Crippen LogP contribution is 2.19. The Morgan fingerprint density at radius 3 is 2.55 bits per heavy atom. The largest absolute Gasteiger partial charge is 0.446 e. The van der Waals surface area contributed by atoms with Gasteiger partial charge in [0.2, 0.25) is 11.9 Å². The Morgan fingerprint density at radius 1 is 1.20 bits per heavy atom. The summed E-state index contributed by atoms with van der Waals surface area (Å²) < 4.78 is 11.6. The highest BCUT2D eigenvalue weighted by atomic mass is 16.3. The van der Waals surface area contributed by atoms with Gasteiger partial charge in [-0.05, 0) is 19.1 Å². The summed E-state index contributed by atoms with van der Waals surface area (Å²) in [5.74, 6) is 0.827. The van der Waals surface area contributed by atoms with Gasteiger partial charge in [0.25, 0.3) is 0 Å². The quantitative estimate of drug-likeness (QED) is 0.658. The van der Waals surface area contributed by atoms with Crippen LogP contribution in [0, 0.1) is 6.92 Å². The minimum atomic E-state index is 0.827. The third kappa shape index (κ3) is 1.91. The van der Waals surface area contributed by atoms with E-state index in [0.717, 1.165) is 28.7 Å². The Labute approximate surface area is 117 Å². The van der Waals surface area contributed by atoms with Gasteiger partial charge in [-0.1, -0.05) is 0 Å². The average molecular weight is 270 g/mol. The van der Waals surface area contributed by atoms with E-state index >= 15 is 0 Å². The molecule has 0 amide bonds. The predicted molar refractivity (Wildman–Crippen MR) is 73.4 cm³/mol. The van der Waals surface area contributed by atoms with Gasteiger partial charge in [-0.2, -0.15) is 14.2 Å². The van der Waals surface area contributed by atoms with Crippen LogP contribution in [0.4, 0.5) is 0 Å². The van der Waals surface area contributed by atoms with Crippen molar-refractivity contribution in [3.8, 4) is 23.0 Å². The van der Waals surface area contributed by atoms with Gasteiger partial charge in [-0.3, -0.25) is 4.68 Å². The van der Waals surface area contributed by atoms with Crippen LogP contribution in [0.25, 0.3) is 23.0 Å². The molecule has 20 heavy (non-hydrogen) atoms. The third-order valence-corrected chi connectivity index (χ3v) is 3.50. The SMILES string of the molecule is Cc1cc(-c2cccc(-c3occ[n+]3C)[n+]2C)n(C)n1. The molecule has 5 nitrogen and oxygen atoms in total. The molecule has 0 aromatic carbocycles. The standard InChI is InChI=1S/C15H18N4O/c1-11-10-14(19(4)16-11)12-6-5-7-13(18(12)3)15-17(2)8-9-20-15/h5-10H,1-4H3/q+2. The van der Waals surface area contributed by atoms with E-state index in [2.05, 4.69) is 21.8 Å². The number of nitrogens with zero attached hydrogens (tertiary/aromatic N) is 4. The second-order valence-electron chi connectivity index (χ2n) is 4.97. The lowest BCUT2D eigenvalue weighted by atomic mass is 10.2. The maximum atomic E-state index is 5.58. The minimum Gasteiger partial charge on any atom is -0.402 e. The zero-order valence-electron chi connectivity index (χ0n) is 12.2. The molecular weight excluding hydrogens is 252 g/mol. The topological polar surface area (TPSA) is 38.7 Å². The summed E-state index contributed by atoms with van der Waals surface area (Å²) in [7, 11) is 5.97. The van der Waals surface area contributed by atoms with Crippen LogP contribution < -0.4 is 9.13 Å². The summed E-state index contributed by atoms with van der Waals surface area (Å²) in [6, 6.07) is 8.26. The van der Waals surface area contributed by atoms with Gasteiger partial charge < -0.3 is 4.42 Å². The Morgan fingerprint density at radius 2 is 1.95 bits per heavy atom. The summed E-state index contributed by atoms with van der Waals surface area (Å²) in [6.45, 7) is 2.00. The molecule has 0 bridgehead atoms. The van der Waals surface area contributed by atoms with E-state index in [1.165, 1.54) is 0 Å². The van der Waals surface area contributed by atoms with Crippen molar-refractivity contribution in [2.75, 3.05) is 0 Å². The molecule has 0 atom stereocenters. The van der Waals surface area contributed by atoms with Gasteiger partial charge >= 0.3 is 11.6 Å². The normalized spacial score (nSPS) is 11.0. The number of hydrogen-bond donors (Lipinski definition) is 0. The van der Waals surface area contributed by atoms with Crippen molar-refractivity contribution < 1.29 is 13.6 Å². The Hall–Kier alpha value is -2.43. The van der Waals surface area contributed by atoms with E-state index in [1.54, 1.807) is 6.26 Å². The molecule has 102 valence electrons. The highest BCUT2D eigenvalue weighted by Gasteiger charge is 2.27. The second-order valence-corrected chi connectivity index (χ2v) is 4.97. The maximum Gasteiger partial charge on any atom is 0.446 e. The van der Waals surface area contributed by atoms with Crippen LogP contribution in [0.5, 0.6) is 0 Å². The molecule has 0 saturated carbocycles. The van der Waals surface area contributed by atoms with Crippen molar-refractivity contribution >= 4 is 0 Å². The molecule has 0 unspecified atom stereocenters. The van der Waals surface area contributed by atoms with E-state index in [0.29, 0.717) is 0 Å². The van der Waals surface area contributed by atoms with Crippen molar-refractivity contribution in [3.05, 3.63) is 42.4 Å². The molecular formula is C15H18N4O+2. The molecule has 0 fully saturated rings. The fourth-order valence-electron chi connectivity index (χ4n) is 2.48. The number of hydrogen-bond acceptors (Lipinski definition) is 2. The first-order valence-corrected chi connectivity index (χ1v) is 6.51. The van der Waals surface area contributed by atoms with Crippen LogP contribution in [0.15, 0.2) is 41.1 Å². The molecule has 3 aromatic heterocycles. The zero-order valence-corrected chi connectivity index (χ0v) is 12.2. The number of aryl methyl sites for hydroxylation is 3. The van der Waals surface area contributed by atoms with Crippen LogP contribution in [0.3, 0.4) is 0 Å². The van der Waals surface area contributed by atoms with Crippen molar-refractivity contribution in [3.63, 3.8) is 0 Å². The van der Waals surface area contributed by atoms with Gasteiger partial charge in [0.1, 0.15) is 19.8 Å². The van der Waals surface area contributed by atoms with Crippen molar-refractivity contribution in [2.45, 2.75) is 6.92 Å². The third-order valence-electron chi connectivity index (χ3n) is 3.50. The van der Waals surface area contributed by atoms with Crippen LogP contribution in [0.2, 0.25) is 0 Å². The van der Waals surface area contributed by atoms with Crippen molar-refractivity contribution in [2.24, 2.45) is 21.1 Å². The van der Waals surface area contributed by atoms with Crippen LogP contribution in [-0.4, -0.2) is 9.78 Å². The smallest absolute Gasteiger partial charge is 0.402 e. The predicted octanol–water partition coefficient (Wildman–Crippen LogP) is 1.30. The summed E-state index contributed by atoms with van der Waals surface area (Å²) in [6.07, 6.45) is 3.59. The van der Waals surface area contributed by atoms with Crippen LogP contribution >= 0.6 is 0 Å². The second kappa shape index (κ2) is 4.59. The van der Waals surface area contributed by atoms with E-state index in [9.17, 15) is 0 Å². The molecule has 0 N–H and O–H groups in total. The molecule has 3 aromatic rings. The Balaban J connectivity index is 2.20. The summed E-state index contributed by atoms with van der Waals surface area (Å²) in [5, 5.41) is 4.41. The van der Waals surface area contributed by atoms with Gasteiger partial charge in [-0.25, -0.2) is 0 Å². The first-order chi connectivity index (χ1) is 9.58. The van der Waals surface area contributed by atoms with Gasteiger partial charge in [0, 0.05) is 19.2 Å². The molecule has 0 aliphatic rings. The van der Waals surface area contributed by atoms with Crippen LogP contribution in [0.1, 0.15) is 5.69 Å². The maximum absolute atomic E-state index is 5.58. The van der Waals surface area contributed by atoms with E-state index in [-0.39, 0.29) is 0 Å². The van der Waals surface area contributed by atoms with Crippen LogP contribution in [-0.2, 0) is 21.1 Å². The van der Waals surface area contributed by atoms with E-state index in [4.69, 9.17) is 4.42 Å². The van der Waals surface area contributed by atoms with Gasteiger partial charge in [0.15, 0.2) is 6.26 Å². The Bertz CT molecular complexity index is 770. The molecule has 3 rings (SSSR count). The molecule has 0 saturated heterocycles. The molecule has 3 heterocycles. The number of oxazole rings is 1. The first kappa shape index (κ1) is 12.6. The van der Waals surface area contributed by atoms with E-state index < -0.39 is 0 Å². The molecule has 0 aliphatic carbocycles. The lowest BCUT2D eigenvalue weighted by Crippen LogP contribution is -2.38. The number of rotatable bonds is 2. The fourth-order valence-corrected chi connectivity index (χ4v) is 2.48. The lowest BCUT2D eigenvalue weighted by molar-refractivity contribution is -0.687. The summed E-state index contributed by atoms with van der Waals surface area (Å²) >= 11 is 0. The average Bonchev–Trinajstić information content (AvgIpc) is 2.96. The molecule has 0 spiro atoms. The zero-order chi connectivity index (χ0) is 14.3. The Kier molecular flexibility index (Phi) is 2.89. The van der Waals surface area contributed by atoms with Crippen molar-refractivity contribution in [1.82, 2.24) is 9.78 Å². The highest BCUT2D eigenvalue weighted by molar-refractivity contribution is 5.54. The van der Waals surface area contributed by atoms with Crippen molar-refractivity contribution in [1.29, 1.82) is 0 Å². The number of aromatic nitrogens is 4. The first-order valence-electron chi connectivity index (χ1n) is 6.51. The fraction of sp³-hybridized carbons (Fsp3) is 0.267. The number of pyridine rings is 1. The van der Waals surface area contributed by atoms with Gasteiger partial charge in [-0.15, -0.1) is 0 Å². The minimum absolute atomic E-state index is 0.827. The summed E-state index contributed by atoms with van der Waals surface area (Å²) in [4.78, 5) is 0. The summed E-state index contributed by atoms with van der Waals surface area (Å²) in [5.41, 5.74) is 4.22. The molecule has 0 radical (unpaired) electrons. The van der Waals surface area contributed by atoms with E-state index in [1.807, 2.05) is 55.6 Å². The monoisotopic (exact) mass is 270 g/mol.